The summed E-state index contributed by atoms with van der Waals surface area (Å²) < 4.78 is 11.1. The third-order valence-electron chi connectivity index (χ3n) is 4.29. The first-order chi connectivity index (χ1) is 10.3. The van der Waals surface area contributed by atoms with Crippen molar-refractivity contribution < 1.29 is 9.47 Å². The largest absolute Gasteiger partial charge is 0.381 e. The molecule has 122 valence electrons. The van der Waals surface area contributed by atoms with Crippen LogP contribution in [0.25, 0.3) is 0 Å². The Bertz CT molecular complexity index is 317. The van der Waals surface area contributed by atoms with Crippen LogP contribution in [-0.2, 0) is 9.47 Å². The summed E-state index contributed by atoms with van der Waals surface area (Å²) in [6.07, 6.45) is 4.79. The molecule has 2 fully saturated rings. The highest BCUT2D eigenvalue weighted by Gasteiger charge is 2.19. The van der Waals surface area contributed by atoms with Crippen LogP contribution in [0.5, 0.6) is 0 Å². The maximum atomic E-state index is 5.72. The monoisotopic (exact) mass is 297 g/mol. The van der Waals surface area contributed by atoms with Gasteiger partial charge in [-0.1, -0.05) is 6.92 Å². The van der Waals surface area contributed by atoms with E-state index in [2.05, 4.69) is 22.1 Å². The number of hydrogen-bond donors (Lipinski definition) is 1. The Balaban J connectivity index is 1.53. The minimum absolute atomic E-state index is 0.612. The Morgan fingerprint density at radius 3 is 3.05 bits per heavy atom. The quantitative estimate of drug-likeness (QED) is 0.461. The molecule has 0 spiro atoms. The average molecular weight is 297 g/mol. The van der Waals surface area contributed by atoms with Crippen LogP contribution in [0, 0.1) is 11.8 Å². The van der Waals surface area contributed by atoms with E-state index in [0.717, 1.165) is 70.8 Å². The number of aliphatic imine (C=N–C) groups is 1. The SMILES string of the molecule is CN=C(NCCCOCC1CCOC1)N1CCCC(C)C1. The highest BCUT2D eigenvalue weighted by molar-refractivity contribution is 5.79. The first-order valence-electron chi connectivity index (χ1n) is 8.40. The zero-order valence-corrected chi connectivity index (χ0v) is 13.6. The van der Waals surface area contributed by atoms with Crippen molar-refractivity contribution in [2.45, 2.75) is 32.6 Å². The second kappa shape index (κ2) is 9.26. The van der Waals surface area contributed by atoms with Gasteiger partial charge in [-0.25, -0.2) is 0 Å². The smallest absolute Gasteiger partial charge is 0.193 e. The van der Waals surface area contributed by atoms with Crippen LogP contribution in [0.15, 0.2) is 4.99 Å². The lowest BCUT2D eigenvalue weighted by Gasteiger charge is -2.33. The number of hydrogen-bond acceptors (Lipinski definition) is 3. The summed E-state index contributed by atoms with van der Waals surface area (Å²) in [7, 11) is 1.87. The van der Waals surface area contributed by atoms with Crippen LogP contribution in [0.2, 0.25) is 0 Å². The number of nitrogens with one attached hydrogen (secondary N) is 1. The molecule has 2 heterocycles. The van der Waals surface area contributed by atoms with Crippen LogP contribution in [0.3, 0.4) is 0 Å². The van der Waals surface area contributed by atoms with Gasteiger partial charge in [-0.3, -0.25) is 4.99 Å². The van der Waals surface area contributed by atoms with Crippen LogP contribution in [0.4, 0.5) is 0 Å². The third kappa shape index (κ3) is 5.83. The molecule has 0 aromatic heterocycles. The van der Waals surface area contributed by atoms with Gasteiger partial charge in [-0.15, -0.1) is 0 Å². The minimum Gasteiger partial charge on any atom is -0.381 e. The second-order valence-electron chi connectivity index (χ2n) is 6.33. The van der Waals surface area contributed by atoms with Crippen molar-refractivity contribution in [2.75, 3.05) is 53.1 Å². The summed E-state index contributed by atoms with van der Waals surface area (Å²) in [6.45, 7) is 8.94. The summed E-state index contributed by atoms with van der Waals surface area (Å²) in [6, 6.07) is 0. The molecular weight excluding hydrogens is 266 g/mol. The van der Waals surface area contributed by atoms with Crippen molar-refractivity contribution in [3.8, 4) is 0 Å². The average Bonchev–Trinajstić information content (AvgIpc) is 3.00. The van der Waals surface area contributed by atoms with E-state index in [-0.39, 0.29) is 0 Å². The minimum atomic E-state index is 0.612. The van der Waals surface area contributed by atoms with Crippen molar-refractivity contribution in [1.82, 2.24) is 10.2 Å². The van der Waals surface area contributed by atoms with Crippen molar-refractivity contribution in [2.24, 2.45) is 16.8 Å². The summed E-state index contributed by atoms with van der Waals surface area (Å²) in [5, 5.41) is 3.46. The van der Waals surface area contributed by atoms with Crippen molar-refractivity contribution in [3.63, 3.8) is 0 Å². The maximum Gasteiger partial charge on any atom is 0.193 e. The summed E-state index contributed by atoms with van der Waals surface area (Å²) in [5.74, 6) is 2.43. The van der Waals surface area contributed by atoms with E-state index in [1.807, 2.05) is 7.05 Å². The summed E-state index contributed by atoms with van der Waals surface area (Å²) >= 11 is 0. The van der Waals surface area contributed by atoms with Crippen LogP contribution >= 0.6 is 0 Å². The number of likely N-dealkylation sites (tertiary alicyclic amines) is 1. The molecule has 2 atom stereocenters. The van der Waals surface area contributed by atoms with Crippen LogP contribution in [0.1, 0.15) is 32.6 Å². The molecule has 0 aromatic carbocycles. The van der Waals surface area contributed by atoms with Gasteiger partial charge in [0, 0.05) is 45.8 Å². The lowest BCUT2D eigenvalue weighted by molar-refractivity contribution is 0.0887. The van der Waals surface area contributed by atoms with Gasteiger partial charge in [0.2, 0.25) is 0 Å². The zero-order chi connectivity index (χ0) is 14.9. The first kappa shape index (κ1) is 16.6. The molecule has 0 saturated carbocycles. The van der Waals surface area contributed by atoms with Gasteiger partial charge in [0.05, 0.1) is 13.2 Å². The fourth-order valence-electron chi connectivity index (χ4n) is 3.05. The van der Waals surface area contributed by atoms with E-state index in [4.69, 9.17) is 9.47 Å². The Labute approximate surface area is 129 Å². The van der Waals surface area contributed by atoms with Crippen molar-refractivity contribution in [1.29, 1.82) is 0 Å². The molecule has 0 aromatic rings. The lowest BCUT2D eigenvalue weighted by Crippen LogP contribution is -2.46. The van der Waals surface area contributed by atoms with Crippen LogP contribution < -0.4 is 5.32 Å². The summed E-state index contributed by atoms with van der Waals surface area (Å²) in [5.41, 5.74) is 0. The fourth-order valence-corrected chi connectivity index (χ4v) is 3.05. The van der Waals surface area contributed by atoms with E-state index < -0.39 is 0 Å². The van der Waals surface area contributed by atoms with Crippen molar-refractivity contribution >= 4 is 5.96 Å². The molecule has 21 heavy (non-hydrogen) atoms. The van der Waals surface area contributed by atoms with Gasteiger partial charge in [0.25, 0.3) is 0 Å². The van der Waals surface area contributed by atoms with E-state index in [1.54, 1.807) is 0 Å². The molecule has 5 heteroatoms. The van der Waals surface area contributed by atoms with E-state index >= 15 is 0 Å². The predicted molar refractivity (Wildman–Crippen MR) is 85.7 cm³/mol. The third-order valence-corrected chi connectivity index (χ3v) is 4.29. The summed E-state index contributed by atoms with van der Waals surface area (Å²) in [4.78, 5) is 6.78. The molecule has 2 aliphatic heterocycles. The van der Waals surface area contributed by atoms with Gasteiger partial charge >= 0.3 is 0 Å². The molecule has 0 amide bonds. The second-order valence-corrected chi connectivity index (χ2v) is 6.33. The fraction of sp³-hybridized carbons (Fsp3) is 0.938. The normalized spacial score (nSPS) is 27.1. The molecule has 2 saturated heterocycles. The van der Waals surface area contributed by atoms with Crippen molar-refractivity contribution in [3.05, 3.63) is 0 Å². The standard InChI is InChI=1S/C16H31N3O2/c1-14-5-3-8-19(11-14)16(17-2)18-7-4-9-20-12-15-6-10-21-13-15/h14-15H,3-13H2,1-2H3,(H,17,18). The molecule has 5 nitrogen and oxygen atoms in total. The van der Waals surface area contributed by atoms with Gasteiger partial charge in [-0.2, -0.15) is 0 Å². The van der Waals surface area contributed by atoms with Gasteiger partial charge in [0.1, 0.15) is 0 Å². The van der Waals surface area contributed by atoms with E-state index in [0.29, 0.717) is 5.92 Å². The lowest BCUT2D eigenvalue weighted by atomic mass is 10.0. The number of nitrogens with zero attached hydrogens (tertiary/aromatic N) is 2. The zero-order valence-electron chi connectivity index (χ0n) is 13.6. The molecule has 0 bridgehead atoms. The Morgan fingerprint density at radius 2 is 2.33 bits per heavy atom. The van der Waals surface area contributed by atoms with Gasteiger partial charge < -0.3 is 19.7 Å². The van der Waals surface area contributed by atoms with Gasteiger partial charge in [-0.05, 0) is 31.6 Å². The molecule has 2 unspecified atom stereocenters. The molecule has 0 aliphatic carbocycles. The molecular formula is C16H31N3O2. The Hall–Kier alpha value is -0.810. The highest BCUT2D eigenvalue weighted by atomic mass is 16.5. The Morgan fingerprint density at radius 1 is 1.43 bits per heavy atom. The molecule has 2 aliphatic rings. The molecule has 2 rings (SSSR count). The first-order valence-corrected chi connectivity index (χ1v) is 8.40. The number of ether oxygens (including phenoxy) is 2. The Kier molecular flexibility index (Phi) is 7.30. The highest BCUT2D eigenvalue weighted by Crippen LogP contribution is 2.15. The van der Waals surface area contributed by atoms with E-state index in [1.165, 1.54) is 12.8 Å². The van der Waals surface area contributed by atoms with Crippen LogP contribution in [-0.4, -0.2) is 64.0 Å². The van der Waals surface area contributed by atoms with Gasteiger partial charge in [0.15, 0.2) is 5.96 Å². The topological polar surface area (TPSA) is 46.1 Å². The van der Waals surface area contributed by atoms with E-state index in [9.17, 15) is 0 Å². The molecule has 0 radical (unpaired) electrons. The number of guanidine groups is 1. The molecule has 1 N–H and O–H groups in total. The maximum absolute atomic E-state index is 5.72. The predicted octanol–water partition coefficient (Wildman–Crippen LogP) is 1.74. The number of rotatable bonds is 6. The number of piperidine rings is 1.